The summed E-state index contributed by atoms with van der Waals surface area (Å²) in [5.41, 5.74) is 2.45. The van der Waals surface area contributed by atoms with Crippen LogP contribution in [0.25, 0.3) is 0 Å². The van der Waals surface area contributed by atoms with Gasteiger partial charge in [0.15, 0.2) is 0 Å². The summed E-state index contributed by atoms with van der Waals surface area (Å²) in [6, 6.07) is 8.28. The number of hydrogen-bond acceptors (Lipinski definition) is 3. The minimum atomic E-state index is -0.480. The van der Waals surface area contributed by atoms with Crippen molar-refractivity contribution >= 4 is 12.0 Å². The van der Waals surface area contributed by atoms with Gasteiger partial charge in [-0.25, -0.2) is 0 Å². The fourth-order valence-corrected chi connectivity index (χ4v) is 2.52. The van der Waals surface area contributed by atoms with Crippen LogP contribution in [0.2, 0.25) is 0 Å². The Labute approximate surface area is 109 Å². The monoisotopic (exact) mass is 246 g/mol. The molecule has 0 aliphatic carbocycles. The van der Waals surface area contributed by atoms with E-state index in [0.29, 0.717) is 5.92 Å². The van der Waals surface area contributed by atoms with E-state index in [-0.39, 0.29) is 6.23 Å². The highest BCUT2D eigenvalue weighted by molar-refractivity contribution is 5.57. The smallest absolute Gasteiger partial charge is 0.229 e. The van der Waals surface area contributed by atoms with Crippen LogP contribution in [0.1, 0.15) is 32.3 Å². The summed E-state index contributed by atoms with van der Waals surface area (Å²) < 4.78 is 5.73. The molecular formula is C15H20NO2. The van der Waals surface area contributed by atoms with Crippen LogP contribution in [0.3, 0.4) is 0 Å². The Morgan fingerprint density at radius 3 is 3.00 bits per heavy atom. The molecular weight excluding hydrogens is 226 g/mol. The molecule has 0 saturated carbocycles. The highest BCUT2D eigenvalue weighted by Crippen LogP contribution is 2.31. The van der Waals surface area contributed by atoms with Gasteiger partial charge in [0.2, 0.25) is 6.29 Å². The number of rotatable bonds is 5. The van der Waals surface area contributed by atoms with E-state index in [1.54, 1.807) is 6.92 Å². The van der Waals surface area contributed by atoms with Crippen molar-refractivity contribution in [1.29, 1.82) is 0 Å². The zero-order valence-corrected chi connectivity index (χ0v) is 11.0. The van der Waals surface area contributed by atoms with Gasteiger partial charge in [-0.1, -0.05) is 31.5 Å². The molecule has 0 amide bonds. The fraction of sp³-hybridized carbons (Fsp3) is 0.533. The van der Waals surface area contributed by atoms with Crippen molar-refractivity contribution in [2.24, 2.45) is 5.92 Å². The second-order valence-electron chi connectivity index (χ2n) is 4.87. The molecule has 3 heteroatoms. The Kier molecular flexibility index (Phi) is 4.37. The summed E-state index contributed by atoms with van der Waals surface area (Å²) in [6.07, 6.45) is 4.54. The lowest BCUT2D eigenvalue weighted by Gasteiger charge is -2.35. The van der Waals surface area contributed by atoms with Crippen molar-refractivity contribution in [3.63, 3.8) is 0 Å². The number of nitrogens with one attached hydrogen (secondary N) is 1. The van der Waals surface area contributed by atoms with Gasteiger partial charge in [0.25, 0.3) is 0 Å². The van der Waals surface area contributed by atoms with Crippen molar-refractivity contribution in [2.75, 3.05) is 5.32 Å². The van der Waals surface area contributed by atoms with Crippen molar-refractivity contribution in [3.8, 4) is 0 Å². The number of carbonyl (C=O) groups excluding carboxylic acids is 1. The molecule has 1 aromatic carbocycles. The lowest BCUT2D eigenvalue weighted by Crippen LogP contribution is -2.39. The molecule has 97 valence electrons. The molecule has 1 aliphatic heterocycles. The van der Waals surface area contributed by atoms with E-state index in [2.05, 4.69) is 30.4 Å². The highest BCUT2D eigenvalue weighted by Gasteiger charge is 2.29. The molecule has 2 rings (SSSR count). The van der Waals surface area contributed by atoms with Gasteiger partial charge in [-0.15, -0.1) is 0 Å². The first kappa shape index (κ1) is 13.1. The van der Waals surface area contributed by atoms with Crippen LogP contribution in [0, 0.1) is 5.92 Å². The zero-order chi connectivity index (χ0) is 13.0. The summed E-state index contributed by atoms with van der Waals surface area (Å²) in [4.78, 5) is 10.6. The average molecular weight is 246 g/mol. The van der Waals surface area contributed by atoms with Gasteiger partial charge in [0, 0.05) is 11.6 Å². The number of ether oxygens (including phenoxy) is 1. The summed E-state index contributed by atoms with van der Waals surface area (Å²) in [5.74, 6) is 0.417. The lowest BCUT2D eigenvalue weighted by atomic mass is 9.89. The lowest BCUT2D eigenvalue weighted by molar-refractivity contribution is 0.00607. The van der Waals surface area contributed by atoms with E-state index >= 15 is 0 Å². The molecule has 1 heterocycles. The van der Waals surface area contributed by atoms with E-state index in [9.17, 15) is 4.79 Å². The predicted molar refractivity (Wildman–Crippen MR) is 72.2 cm³/mol. The first-order valence-corrected chi connectivity index (χ1v) is 6.62. The van der Waals surface area contributed by atoms with Crippen LogP contribution in [-0.4, -0.2) is 18.6 Å². The van der Waals surface area contributed by atoms with E-state index in [1.807, 2.05) is 12.4 Å². The maximum absolute atomic E-state index is 10.6. The molecule has 3 unspecified atom stereocenters. The van der Waals surface area contributed by atoms with Crippen molar-refractivity contribution in [2.45, 2.75) is 45.4 Å². The second-order valence-corrected chi connectivity index (χ2v) is 4.87. The van der Waals surface area contributed by atoms with Crippen molar-refractivity contribution in [1.82, 2.24) is 0 Å². The molecule has 0 fully saturated rings. The van der Waals surface area contributed by atoms with Gasteiger partial charge in [0.05, 0.1) is 0 Å². The molecule has 18 heavy (non-hydrogen) atoms. The molecule has 0 saturated heterocycles. The molecule has 0 spiro atoms. The minimum Gasteiger partial charge on any atom is -0.360 e. The Hall–Kier alpha value is -1.35. The quantitative estimate of drug-likeness (QED) is 0.868. The van der Waals surface area contributed by atoms with Crippen LogP contribution >= 0.6 is 0 Å². The van der Waals surface area contributed by atoms with Crippen LogP contribution in [0.4, 0.5) is 5.69 Å². The van der Waals surface area contributed by atoms with Gasteiger partial charge in [-0.05, 0) is 31.4 Å². The summed E-state index contributed by atoms with van der Waals surface area (Å²) in [7, 11) is 0. The summed E-state index contributed by atoms with van der Waals surface area (Å²) in [5, 5.41) is 3.40. The third-order valence-corrected chi connectivity index (χ3v) is 3.40. The fourth-order valence-electron chi connectivity index (χ4n) is 2.52. The molecule has 3 atom stereocenters. The number of hydrogen-bond donors (Lipinski definition) is 1. The third kappa shape index (κ3) is 2.91. The average Bonchev–Trinajstić information content (AvgIpc) is 2.39. The Bertz CT molecular complexity index is 405. The molecule has 1 aliphatic rings. The zero-order valence-electron chi connectivity index (χ0n) is 11.0. The van der Waals surface area contributed by atoms with E-state index < -0.39 is 6.10 Å². The molecule has 0 bridgehead atoms. The molecule has 1 aromatic rings. The van der Waals surface area contributed by atoms with Crippen LogP contribution in [-0.2, 0) is 16.0 Å². The molecule has 1 radical (unpaired) electrons. The number of fused-ring (bicyclic) bond motifs is 1. The van der Waals surface area contributed by atoms with E-state index in [1.165, 1.54) is 5.56 Å². The number of anilines is 1. The maximum atomic E-state index is 10.6. The molecule has 3 nitrogen and oxygen atoms in total. The van der Waals surface area contributed by atoms with Gasteiger partial charge in [0.1, 0.15) is 12.3 Å². The molecule has 1 N–H and O–H groups in total. The van der Waals surface area contributed by atoms with Gasteiger partial charge < -0.3 is 10.1 Å². The Balaban J connectivity index is 2.14. The predicted octanol–water partition coefficient (Wildman–Crippen LogP) is 2.91. The van der Waals surface area contributed by atoms with Gasteiger partial charge in [-0.3, -0.25) is 4.79 Å². The van der Waals surface area contributed by atoms with E-state index in [4.69, 9.17) is 4.74 Å². The largest absolute Gasteiger partial charge is 0.360 e. The highest BCUT2D eigenvalue weighted by atomic mass is 16.5. The van der Waals surface area contributed by atoms with Crippen molar-refractivity contribution in [3.05, 3.63) is 29.8 Å². The first-order valence-electron chi connectivity index (χ1n) is 6.62. The minimum absolute atomic E-state index is 0.0868. The maximum Gasteiger partial charge on any atom is 0.229 e. The first-order chi connectivity index (χ1) is 8.74. The number of benzene rings is 1. The Morgan fingerprint density at radius 1 is 1.50 bits per heavy atom. The summed E-state index contributed by atoms with van der Waals surface area (Å²) >= 11 is 0. The van der Waals surface area contributed by atoms with E-state index in [0.717, 1.165) is 24.9 Å². The SMILES string of the molecule is CCCC1Cc2ccccc2NC1OC(C)[C]=O. The third-order valence-electron chi connectivity index (χ3n) is 3.40. The number of para-hydroxylation sites is 1. The van der Waals surface area contributed by atoms with Gasteiger partial charge >= 0.3 is 0 Å². The van der Waals surface area contributed by atoms with Crippen LogP contribution in [0.15, 0.2) is 24.3 Å². The molecule has 0 aromatic heterocycles. The standard InChI is InChI=1S/C15H20NO2/c1-3-6-13-9-12-7-4-5-8-14(12)16-15(13)18-11(2)10-17/h4-5,7-8,11,13,15-16H,3,6,9H2,1-2H3. The van der Waals surface area contributed by atoms with Gasteiger partial charge in [-0.2, -0.15) is 0 Å². The second kappa shape index (κ2) is 6.01. The van der Waals surface area contributed by atoms with Crippen molar-refractivity contribution < 1.29 is 9.53 Å². The topological polar surface area (TPSA) is 38.3 Å². The normalized spacial score (nSPS) is 23.9. The van der Waals surface area contributed by atoms with Crippen LogP contribution < -0.4 is 5.32 Å². The summed E-state index contributed by atoms with van der Waals surface area (Å²) in [6.45, 7) is 3.91. The van der Waals surface area contributed by atoms with Crippen LogP contribution in [0.5, 0.6) is 0 Å². The Morgan fingerprint density at radius 2 is 2.28 bits per heavy atom.